The summed E-state index contributed by atoms with van der Waals surface area (Å²) in [6.45, 7) is 10.4. The molecule has 0 fully saturated rings. The zero-order valence-electron chi connectivity index (χ0n) is 7.22. The molecule has 0 radical (unpaired) electrons. The van der Waals surface area contributed by atoms with Crippen molar-refractivity contribution < 1.29 is 5.11 Å². The SMILES string of the molecule is C=C(CC)[C@@H](CO)C(C)C. The van der Waals surface area contributed by atoms with E-state index in [1.807, 2.05) is 0 Å². The molecule has 0 bridgehead atoms. The zero-order chi connectivity index (χ0) is 8.15. The van der Waals surface area contributed by atoms with E-state index in [1.165, 1.54) is 0 Å². The van der Waals surface area contributed by atoms with Gasteiger partial charge < -0.3 is 5.11 Å². The molecule has 0 aromatic heterocycles. The van der Waals surface area contributed by atoms with Gasteiger partial charge in [-0.05, 0) is 12.3 Å². The fourth-order valence-corrected chi connectivity index (χ4v) is 1.07. The molecule has 0 rings (SSSR count). The number of aliphatic hydroxyl groups excluding tert-OH is 1. The zero-order valence-corrected chi connectivity index (χ0v) is 7.22. The van der Waals surface area contributed by atoms with Gasteiger partial charge in [0.25, 0.3) is 0 Å². The first-order chi connectivity index (χ1) is 4.63. The Morgan fingerprint density at radius 1 is 1.50 bits per heavy atom. The lowest BCUT2D eigenvalue weighted by molar-refractivity contribution is 0.212. The number of rotatable bonds is 4. The van der Waals surface area contributed by atoms with E-state index in [2.05, 4.69) is 27.4 Å². The topological polar surface area (TPSA) is 20.2 Å². The Morgan fingerprint density at radius 3 is 2.10 bits per heavy atom. The highest BCUT2D eigenvalue weighted by molar-refractivity contribution is 5.00. The Balaban J connectivity index is 3.93. The molecule has 1 N–H and O–H groups in total. The summed E-state index contributed by atoms with van der Waals surface area (Å²) < 4.78 is 0. The lowest BCUT2D eigenvalue weighted by atomic mass is 9.88. The third kappa shape index (κ3) is 2.53. The molecule has 0 heterocycles. The van der Waals surface area contributed by atoms with Gasteiger partial charge in [-0.25, -0.2) is 0 Å². The van der Waals surface area contributed by atoms with E-state index in [4.69, 9.17) is 5.11 Å². The molecule has 0 aliphatic heterocycles. The minimum atomic E-state index is 0.240. The Labute approximate surface area is 63.8 Å². The second-order valence-corrected chi connectivity index (χ2v) is 3.04. The van der Waals surface area contributed by atoms with E-state index >= 15 is 0 Å². The Morgan fingerprint density at radius 2 is 2.00 bits per heavy atom. The molecule has 60 valence electrons. The van der Waals surface area contributed by atoms with Crippen LogP contribution in [-0.2, 0) is 0 Å². The van der Waals surface area contributed by atoms with Crippen LogP contribution in [0.15, 0.2) is 12.2 Å². The van der Waals surface area contributed by atoms with Crippen LogP contribution in [0.5, 0.6) is 0 Å². The van der Waals surface area contributed by atoms with E-state index in [0.717, 1.165) is 12.0 Å². The minimum absolute atomic E-state index is 0.240. The van der Waals surface area contributed by atoms with Crippen LogP contribution >= 0.6 is 0 Å². The van der Waals surface area contributed by atoms with Gasteiger partial charge >= 0.3 is 0 Å². The van der Waals surface area contributed by atoms with Gasteiger partial charge in [0.05, 0.1) is 0 Å². The van der Waals surface area contributed by atoms with Crippen molar-refractivity contribution >= 4 is 0 Å². The predicted octanol–water partition coefficient (Wildman–Crippen LogP) is 2.22. The van der Waals surface area contributed by atoms with Crippen molar-refractivity contribution in [3.63, 3.8) is 0 Å². The van der Waals surface area contributed by atoms with Crippen LogP contribution < -0.4 is 0 Å². The molecule has 0 amide bonds. The Bertz CT molecular complexity index is 105. The van der Waals surface area contributed by atoms with Crippen LogP contribution in [0.2, 0.25) is 0 Å². The number of aliphatic hydroxyl groups is 1. The molecule has 0 saturated heterocycles. The first-order valence-electron chi connectivity index (χ1n) is 3.92. The number of hydrogen-bond acceptors (Lipinski definition) is 1. The highest BCUT2D eigenvalue weighted by atomic mass is 16.3. The Kier molecular flexibility index (Phi) is 4.37. The molecular formula is C9H18O. The molecule has 1 atom stereocenters. The third-order valence-electron chi connectivity index (χ3n) is 1.98. The fraction of sp³-hybridized carbons (Fsp3) is 0.778. The lowest BCUT2D eigenvalue weighted by Gasteiger charge is -2.19. The summed E-state index contributed by atoms with van der Waals surface area (Å²) in [5.41, 5.74) is 1.16. The van der Waals surface area contributed by atoms with E-state index < -0.39 is 0 Å². The summed E-state index contributed by atoms with van der Waals surface area (Å²) in [6.07, 6.45) is 0.976. The second kappa shape index (κ2) is 4.51. The first kappa shape index (κ1) is 9.70. The van der Waals surface area contributed by atoms with Crippen molar-refractivity contribution in [3.8, 4) is 0 Å². The van der Waals surface area contributed by atoms with E-state index in [1.54, 1.807) is 0 Å². The normalized spacial score (nSPS) is 13.7. The van der Waals surface area contributed by atoms with E-state index in [9.17, 15) is 0 Å². The van der Waals surface area contributed by atoms with Gasteiger partial charge in [0.1, 0.15) is 0 Å². The van der Waals surface area contributed by atoms with Crippen molar-refractivity contribution in [2.24, 2.45) is 11.8 Å². The van der Waals surface area contributed by atoms with Crippen LogP contribution in [0.3, 0.4) is 0 Å². The van der Waals surface area contributed by atoms with Crippen LogP contribution in [0.1, 0.15) is 27.2 Å². The standard InChI is InChI=1S/C9H18O/c1-5-8(4)9(6-10)7(2)3/h7,9-10H,4-6H2,1-3H3/t9-/m0/s1. The maximum atomic E-state index is 8.94. The largest absolute Gasteiger partial charge is 0.396 e. The molecule has 0 saturated carbocycles. The first-order valence-corrected chi connectivity index (χ1v) is 3.92. The summed E-state index contributed by atoms with van der Waals surface area (Å²) in [4.78, 5) is 0. The number of hydrogen-bond donors (Lipinski definition) is 1. The second-order valence-electron chi connectivity index (χ2n) is 3.04. The summed E-state index contributed by atoms with van der Waals surface area (Å²) in [7, 11) is 0. The summed E-state index contributed by atoms with van der Waals surface area (Å²) in [5.74, 6) is 0.808. The summed E-state index contributed by atoms with van der Waals surface area (Å²) in [5, 5.41) is 8.94. The minimum Gasteiger partial charge on any atom is -0.396 e. The van der Waals surface area contributed by atoms with Crippen LogP contribution in [0.25, 0.3) is 0 Å². The van der Waals surface area contributed by atoms with Crippen LogP contribution in [-0.4, -0.2) is 11.7 Å². The van der Waals surface area contributed by atoms with E-state index in [-0.39, 0.29) is 6.61 Å². The molecule has 1 heteroatoms. The average molecular weight is 142 g/mol. The predicted molar refractivity (Wildman–Crippen MR) is 44.8 cm³/mol. The summed E-state index contributed by atoms with van der Waals surface area (Å²) in [6, 6.07) is 0. The van der Waals surface area contributed by atoms with Crippen molar-refractivity contribution in [1.29, 1.82) is 0 Å². The molecule has 0 aliphatic rings. The third-order valence-corrected chi connectivity index (χ3v) is 1.98. The van der Waals surface area contributed by atoms with Crippen molar-refractivity contribution in [3.05, 3.63) is 12.2 Å². The van der Waals surface area contributed by atoms with Gasteiger partial charge in [-0.2, -0.15) is 0 Å². The Hall–Kier alpha value is -0.300. The van der Waals surface area contributed by atoms with Gasteiger partial charge in [-0.3, -0.25) is 0 Å². The van der Waals surface area contributed by atoms with Gasteiger partial charge in [0.2, 0.25) is 0 Å². The molecule has 10 heavy (non-hydrogen) atoms. The van der Waals surface area contributed by atoms with Crippen LogP contribution in [0, 0.1) is 11.8 Å². The highest BCUT2D eigenvalue weighted by Gasteiger charge is 2.13. The lowest BCUT2D eigenvalue weighted by Crippen LogP contribution is -2.14. The molecule has 0 aromatic carbocycles. The molecule has 0 unspecified atom stereocenters. The van der Waals surface area contributed by atoms with Crippen LogP contribution in [0.4, 0.5) is 0 Å². The van der Waals surface area contributed by atoms with Crippen molar-refractivity contribution in [1.82, 2.24) is 0 Å². The maximum absolute atomic E-state index is 8.94. The molecule has 0 aromatic rings. The van der Waals surface area contributed by atoms with Gasteiger partial charge in [0, 0.05) is 12.5 Å². The van der Waals surface area contributed by atoms with Gasteiger partial charge in [-0.1, -0.05) is 32.9 Å². The molecule has 1 nitrogen and oxygen atoms in total. The maximum Gasteiger partial charge on any atom is 0.0498 e. The molecular weight excluding hydrogens is 124 g/mol. The monoisotopic (exact) mass is 142 g/mol. The van der Waals surface area contributed by atoms with Gasteiger partial charge in [0.15, 0.2) is 0 Å². The van der Waals surface area contributed by atoms with Gasteiger partial charge in [-0.15, -0.1) is 0 Å². The average Bonchev–Trinajstić information content (AvgIpc) is 1.88. The fourth-order valence-electron chi connectivity index (χ4n) is 1.07. The smallest absolute Gasteiger partial charge is 0.0498 e. The summed E-state index contributed by atoms with van der Waals surface area (Å²) >= 11 is 0. The van der Waals surface area contributed by atoms with Crippen molar-refractivity contribution in [2.45, 2.75) is 27.2 Å². The quantitative estimate of drug-likeness (QED) is 0.597. The molecule has 0 aliphatic carbocycles. The molecule has 0 spiro atoms. The highest BCUT2D eigenvalue weighted by Crippen LogP contribution is 2.20. The van der Waals surface area contributed by atoms with E-state index in [0.29, 0.717) is 11.8 Å². The van der Waals surface area contributed by atoms with Crippen molar-refractivity contribution in [2.75, 3.05) is 6.61 Å².